The van der Waals surface area contributed by atoms with Gasteiger partial charge in [-0.3, -0.25) is 5.10 Å². The molecule has 5 heteroatoms. The number of hydrogen-bond donors (Lipinski definition) is 3. The molecule has 0 bridgehead atoms. The summed E-state index contributed by atoms with van der Waals surface area (Å²) < 4.78 is 0. The van der Waals surface area contributed by atoms with Crippen molar-refractivity contribution in [1.29, 1.82) is 0 Å². The van der Waals surface area contributed by atoms with Crippen molar-refractivity contribution in [1.82, 2.24) is 10.2 Å². The summed E-state index contributed by atoms with van der Waals surface area (Å²) in [6, 6.07) is 11.0. The van der Waals surface area contributed by atoms with Gasteiger partial charge in [-0.1, -0.05) is 17.7 Å². The summed E-state index contributed by atoms with van der Waals surface area (Å²) in [7, 11) is 0. The summed E-state index contributed by atoms with van der Waals surface area (Å²) in [6.07, 6.45) is 1.78. The molecule has 0 aliphatic carbocycles. The number of anilines is 1. The van der Waals surface area contributed by atoms with Crippen molar-refractivity contribution in [2.75, 3.05) is 5.32 Å². The van der Waals surface area contributed by atoms with E-state index in [-0.39, 0.29) is 5.75 Å². The van der Waals surface area contributed by atoms with Gasteiger partial charge in [-0.25, -0.2) is 0 Å². The fourth-order valence-electron chi connectivity index (χ4n) is 1.96. The quantitative estimate of drug-likeness (QED) is 0.684. The Morgan fingerprint density at radius 2 is 2.16 bits per heavy atom. The second-order valence-corrected chi connectivity index (χ2v) is 4.67. The number of rotatable bonds is 3. The fraction of sp³-hybridized carbons (Fsp3) is 0.0714. The standard InChI is InChI=1S/C14H12ClN3O/c15-12-2-1-3-14(19)11(12)8-16-10-5-4-9-7-17-18-13(9)6-10/h1-7,16,19H,8H2,(H,17,18). The molecule has 0 saturated carbocycles. The summed E-state index contributed by atoms with van der Waals surface area (Å²) in [6.45, 7) is 0.463. The van der Waals surface area contributed by atoms with Crippen LogP contribution < -0.4 is 5.32 Å². The van der Waals surface area contributed by atoms with E-state index >= 15 is 0 Å². The first-order chi connectivity index (χ1) is 9.24. The smallest absolute Gasteiger partial charge is 0.122 e. The number of fused-ring (bicyclic) bond motifs is 1. The molecule has 0 saturated heterocycles. The molecule has 19 heavy (non-hydrogen) atoms. The molecule has 1 heterocycles. The first kappa shape index (κ1) is 11.9. The number of phenolic OH excluding ortho intramolecular Hbond substituents is 1. The van der Waals surface area contributed by atoms with Gasteiger partial charge in [-0.2, -0.15) is 5.10 Å². The number of hydrogen-bond acceptors (Lipinski definition) is 3. The molecule has 3 N–H and O–H groups in total. The summed E-state index contributed by atoms with van der Waals surface area (Å²) in [5.74, 6) is 0.197. The molecule has 3 rings (SSSR count). The Morgan fingerprint density at radius 1 is 1.26 bits per heavy atom. The van der Waals surface area contributed by atoms with E-state index in [0.29, 0.717) is 17.1 Å². The van der Waals surface area contributed by atoms with Gasteiger partial charge in [-0.05, 0) is 30.3 Å². The normalized spacial score (nSPS) is 10.8. The van der Waals surface area contributed by atoms with E-state index in [2.05, 4.69) is 15.5 Å². The molecule has 3 aromatic rings. The first-order valence-corrected chi connectivity index (χ1v) is 6.25. The molecule has 0 aliphatic heterocycles. The van der Waals surface area contributed by atoms with E-state index in [9.17, 15) is 5.11 Å². The van der Waals surface area contributed by atoms with Crippen LogP contribution in [0.3, 0.4) is 0 Å². The third-order valence-corrected chi connectivity index (χ3v) is 3.36. The highest BCUT2D eigenvalue weighted by Gasteiger charge is 2.06. The SMILES string of the molecule is Oc1cccc(Cl)c1CNc1ccc2cn[nH]c2c1. The lowest BCUT2D eigenvalue weighted by molar-refractivity contribution is 0.469. The zero-order valence-corrected chi connectivity index (χ0v) is 10.8. The monoisotopic (exact) mass is 273 g/mol. The Bertz CT molecular complexity index is 703. The van der Waals surface area contributed by atoms with E-state index in [4.69, 9.17) is 11.6 Å². The van der Waals surface area contributed by atoms with Crippen LogP contribution >= 0.6 is 11.6 Å². The van der Waals surface area contributed by atoms with E-state index < -0.39 is 0 Å². The summed E-state index contributed by atoms with van der Waals surface area (Å²) in [5.41, 5.74) is 2.60. The Kier molecular flexibility index (Phi) is 3.01. The van der Waals surface area contributed by atoms with Gasteiger partial charge < -0.3 is 10.4 Å². The summed E-state index contributed by atoms with van der Waals surface area (Å²) in [5, 5.41) is 21.5. The number of nitrogens with zero attached hydrogens (tertiary/aromatic N) is 1. The minimum Gasteiger partial charge on any atom is -0.508 e. The average Bonchev–Trinajstić information content (AvgIpc) is 2.85. The molecule has 0 fully saturated rings. The molecule has 1 aromatic heterocycles. The maximum Gasteiger partial charge on any atom is 0.122 e. The molecule has 0 spiro atoms. The van der Waals surface area contributed by atoms with Gasteiger partial charge in [0.2, 0.25) is 0 Å². The molecule has 2 aromatic carbocycles. The van der Waals surface area contributed by atoms with Crippen LogP contribution in [0.4, 0.5) is 5.69 Å². The fourth-order valence-corrected chi connectivity index (χ4v) is 2.20. The minimum atomic E-state index is 0.197. The lowest BCUT2D eigenvalue weighted by atomic mass is 10.2. The number of H-pyrrole nitrogens is 1. The van der Waals surface area contributed by atoms with Crippen LogP contribution in [0.15, 0.2) is 42.6 Å². The van der Waals surface area contributed by atoms with Crippen molar-refractivity contribution in [2.45, 2.75) is 6.54 Å². The third-order valence-electron chi connectivity index (χ3n) is 3.01. The number of aromatic hydroxyl groups is 1. The van der Waals surface area contributed by atoms with E-state index in [1.165, 1.54) is 0 Å². The van der Waals surface area contributed by atoms with E-state index in [0.717, 1.165) is 16.6 Å². The van der Waals surface area contributed by atoms with Crippen molar-refractivity contribution >= 4 is 28.2 Å². The van der Waals surface area contributed by atoms with Crippen LogP contribution in [0, 0.1) is 0 Å². The molecule has 0 atom stereocenters. The Hall–Kier alpha value is -2.20. The highest BCUT2D eigenvalue weighted by molar-refractivity contribution is 6.31. The Balaban J connectivity index is 1.82. The van der Waals surface area contributed by atoms with Crippen LogP contribution in [0.5, 0.6) is 5.75 Å². The molecular weight excluding hydrogens is 262 g/mol. The maximum atomic E-state index is 9.77. The van der Waals surface area contributed by atoms with Gasteiger partial charge in [0.05, 0.1) is 11.7 Å². The zero-order chi connectivity index (χ0) is 13.2. The largest absolute Gasteiger partial charge is 0.508 e. The highest BCUT2D eigenvalue weighted by Crippen LogP contribution is 2.26. The van der Waals surface area contributed by atoms with Gasteiger partial charge in [0.15, 0.2) is 0 Å². The topological polar surface area (TPSA) is 60.9 Å². The molecule has 0 amide bonds. The summed E-state index contributed by atoms with van der Waals surface area (Å²) in [4.78, 5) is 0. The third kappa shape index (κ3) is 2.35. The minimum absolute atomic E-state index is 0.197. The number of aromatic amines is 1. The van der Waals surface area contributed by atoms with E-state index in [1.807, 2.05) is 18.2 Å². The number of nitrogens with one attached hydrogen (secondary N) is 2. The predicted molar refractivity (Wildman–Crippen MR) is 76.5 cm³/mol. The van der Waals surface area contributed by atoms with Crippen molar-refractivity contribution in [3.05, 3.63) is 53.2 Å². The van der Waals surface area contributed by atoms with Crippen molar-refractivity contribution < 1.29 is 5.11 Å². The van der Waals surface area contributed by atoms with Gasteiger partial charge in [0.1, 0.15) is 5.75 Å². The molecule has 4 nitrogen and oxygen atoms in total. The molecule has 0 radical (unpaired) electrons. The van der Waals surface area contributed by atoms with Crippen molar-refractivity contribution in [3.8, 4) is 5.75 Å². The second kappa shape index (κ2) is 4.82. The highest BCUT2D eigenvalue weighted by atomic mass is 35.5. The van der Waals surface area contributed by atoms with Crippen LogP contribution in [-0.4, -0.2) is 15.3 Å². The summed E-state index contributed by atoms with van der Waals surface area (Å²) >= 11 is 6.06. The first-order valence-electron chi connectivity index (χ1n) is 5.87. The lowest BCUT2D eigenvalue weighted by Crippen LogP contribution is -2.00. The molecule has 0 unspecified atom stereocenters. The lowest BCUT2D eigenvalue weighted by Gasteiger charge is -2.09. The van der Waals surface area contributed by atoms with E-state index in [1.54, 1.807) is 24.4 Å². The maximum absolute atomic E-state index is 9.77. The van der Waals surface area contributed by atoms with Gasteiger partial charge in [0, 0.05) is 28.2 Å². The van der Waals surface area contributed by atoms with Crippen LogP contribution in [0.2, 0.25) is 5.02 Å². The number of halogens is 1. The second-order valence-electron chi connectivity index (χ2n) is 4.26. The number of aromatic nitrogens is 2. The van der Waals surface area contributed by atoms with Crippen LogP contribution in [0.25, 0.3) is 10.9 Å². The average molecular weight is 274 g/mol. The van der Waals surface area contributed by atoms with Crippen molar-refractivity contribution in [2.24, 2.45) is 0 Å². The molecule has 0 aliphatic rings. The zero-order valence-electron chi connectivity index (χ0n) is 10.0. The van der Waals surface area contributed by atoms with Gasteiger partial charge in [0.25, 0.3) is 0 Å². The van der Waals surface area contributed by atoms with Gasteiger partial charge >= 0.3 is 0 Å². The van der Waals surface area contributed by atoms with Gasteiger partial charge in [-0.15, -0.1) is 0 Å². The van der Waals surface area contributed by atoms with Crippen molar-refractivity contribution in [3.63, 3.8) is 0 Å². The van der Waals surface area contributed by atoms with Crippen LogP contribution in [0.1, 0.15) is 5.56 Å². The Morgan fingerprint density at radius 3 is 3.00 bits per heavy atom. The Labute approximate surface area is 115 Å². The predicted octanol–water partition coefficient (Wildman–Crippen LogP) is 3.53. The molecule has 96 valence electrons. The number of phenols is 1. The number of benzene rings is 2. The van der Waals surface area contributed by atoms with Crippen LogP contribution in [-0.2, 0) is 6.54 Å². The molecular formula is C14H12ClN3O.